The van der Waals surface area contributed by atoms with Gasteiger partial charge in [-0.1, -0.05) is 5.21 Å². The van der Waals surface area contributed by atoms with E-state index in [9.17, 15) is 9.90 Å². The number of aliphatic hydroxyl groups is 1. The lowest BCUT2D eigenvalue weighted by Crippen LogP contribution is -2.53. The molecule has 1 aliphatic heterocycles. The Bertz CT molecular complexity index is 680. The number of piperidine rings is 1. The van der Waals surface area contributed by atoms with Gasteiger partial charge in [0, 0.05) is 18.4 Å². The van der Waals surface area contributed by atoms with Gasteiger partial charge in [-0.3, -0.25) is 9.48 Å². The van der Waals surface area contributed by atoms with E-state index in [2.05, 4.69) is 15.4 Å². The number of β-amino-alcohol motifs (C(OH)–C–C–N with tert-alkyl or cyclic N) is 1. The average Bonchev–Trinajstić information content (AvgIpc) is 3.08. The fourth-order valence-electron chi connectivity index (χ4n) is 3.14. The fourth-order valence-corrected chi connectivity index (χ4v) is 3.14. The van der Waals surface area contributed by atoms with Gasteiger partial charge in [0.2, 0.25) is 5.91 Å². The van der Waals surface area contributed by atoms with Gasteiger partial charge < -0.3 is 10.0 Å². The molecule has 8 heteroatoms. The highest BCUT2D eigenvalue weighted by molar-refractivity contribution is 5.76. The summed E-state index contributed by atoms with van der Waals surface area (Å²) in [5.41, 5.74) is 0.902. The summed E-state index contributed by atoms with van der Waals surface area (Å²) in [6.45, 7) is 5.37. The largest absolute Gasteiger partial charge is 0.386 e. The van der Waals surface area contributed by atoms with Crippen molar-refractivity contribution in [1.29, 1.82) is 0 Å². The van der Waals surface area contributed by atoms with E-state index in [4.69, 9.17) is 0 Å². The molecule has 3 heterocycles. The second-order valence-electron chi connectivity index (χ2n) is 6.33. The smallest absolute Gasteiger partial charge is 0.244 e. The Morgan fingerprint density at radius 3 is 2.91 bits per heavy atom. The number of hydrogen-bond acceptors (Lipinski definition) is 5. The van der Waals surface area contributed by atoms with Crippen molar-refractivity contribution >= 4 is 5.91 Å². The Morgan fingerprint density at radius 2 is 2.26 bits per heavy atom. The van der Waals surface area contributed by atoms with Crippen molar-refractivity contribution in [3.8, 4) is 0 Å². The highest BCUT2D eigenvalue weighted by atomic mass is 16.3. The topological polar surface area (TPSA) is 89.1 Å². The van der Waals surface area contributed by atoms with Gasteiger partial charge in [-0.05, 0) is 32.8 Å². The highest BCUT2D eigenvalue weighted by Gasteiger charge is 2.36. The van der Waals surface area contributed by atoms with Gasteiger partial charge in [0.05, 0.1) is 25.0 Å². The lowest BCUT2D eigenvalue weighted by Gasteiger charge is -2.39. The molecular weight excluding hydrogens is 296 g/mol. The van der Waals surface area contributed by atoms with Crippen LogP contribution in [-0.2, 0) is 17.9 Å². The van der Waals surface area contributed by atoms with Crippen molar-refractivity contribution < 1.29 is 9.90 Å². The van der Waals surface area contributed by atoms with Crippen molar-refractivity contribution in [2.75, 3.05) is 13.1 Å². The molecule has 1 amide bonds. The van der Waals surface area contributed by atoms with Crippen LogP contribution in [0.15, 0.2) is 18.5 Å². The molecule has 2 aromatic rings. The molecular formula is C15H22N6O2. The van der Waals surface area contributed by atoms with Crippen molar-refractivity contribution in [3.05, 3.63) is 29.8 Å². The first-order chi connectivity index (χ1) is 11.0. The molecule has 23 heavy (non-hydrogen) atoms. The van der Waals surface area contributed by atoms with Crippen LogP contribution in [0.1, 0.15) is 24.2 Å². The highest BCUT2D eigenvalue weighted by Crippen LogP contribution is 2.23. The summed E-state index contributed by atoms with van der Waals surface area (Å²) in [4.78, 5) is 14.3. The zero-order valence-electron chi connectivity index (χ0n) is 13.5. The molecule has 1 N–H and O–H groups in total. The quantitative estimate of drug-likeness (QED) is 0.866. The van der Waals surface area contributed by atoms with E-state index in [1.165, 1.54) is 0 Å². The lowest BCUT2D eigenvalue weighted by molar-refractivity contribution is -0.140. The third kappa shape index (κ3) is 3.58. The summed E-state index contributed by atoms with van der Waals surface area (Å²) < 4.78 is 3.32. The fraction of sp³-hybridized carbons (Fsp3) is 0.600. The van der Waals surface area contributed by atoms with Gasteiger partial charge in [0.15, 0.2) is 0 Å². The minimum absolute atomic E-state index is 0.0204. The zero-order valence-corrected chi connectivity index (χ0v) is 13.5. The summed E-state index contributed by atoms with van der Waals surface area (Å²) in [6.07, 6.45) is 4.72. The van der Waals surface area contributed by atoms with Crippen LogP contribution in [0.2, 0.25) is 0 Å². The minimum atomic E-state index is -0.962. The maximum Gasteiger partial charge on any atom is 0.244 e. The lowest BCUT2D eigenvalue weighted by atomic mass is 9.92. The van der Waals surface area contributed by atoms with E-state index in [-0.39, 0.29) is 12.5 Å². The Labute approximate surface area is 134 Å². The van der Waals surface area contributed by atoms with Crippen molar-refractivity contribution in [3.63, 3.8) is 0 Å². The molecule has 3 rings (SSSR count). The minimum Gasteiger partial charge on any atom is -0.386 e. The van der Waals surface area contributed by atoms with E-state index >= 15 is 0 Å². The molecule has 1 atom stereocenters. The number of rotatable bonds is 4. The van der Waals surface area contributed by atoms with Gasteiger partial charge in [-0.2, -0.15) is 5.10 Å². The Kier molecular flexibility index (Phi) is 4.16. The molecule has 124 valence electrons. The molecule has 0 radical (unpaired) electrons. The van der Waals surface area contributed by atoms with E-state index in [0.29, 0.717) is 26.1 Å². The third-order valence-electron chi connectivity index (χ3n) is 4.22. The van der Waals surface area contributed by atoms with E-state index in [1.807, 2.05) is 19.9 Å². The van der Waals surface area contributed by atoms with Crippen molar-refractivity contribution in [2.24, 2.45) is 0 Å². The first-order valence-corrected chi connectivity index (χ1v) is 7.80. The van der Waals surface area contributed by atoms with Gasteiger partial charge in [-0.15, -0.1) is 5.10 Å². The van der Waals surface area contributed by atoms with Crippen LogP contribution in [0.4, 0.5) is 0 Å². The van der Waals surface area contributed by atoms with Crippen LogP contribution >= 0.6 is 0 Å². The van der Waals surface area contributed by atoms with Crippen molar-refractivity contribution in [1.82, 2.24) is 29.7 Å². The molecule has 0 aliphatic carbocycles. The molecule has 1 aliphatic rings. The monoisotopic (exact) mass is 318 g/mol. The second kappa shape index (κ2) is 6.11. The van der Waals surface area contributed by atoms with Crippen molar-refractivity contribution in [2.45, 2.75) is 45.4 Å². The summed E-state index contributed by atoms with van der Waals surface area (Å²) in [5.74, 6) is -0.0204. The Balaban J connectivity index is 1.65. The van der Waals surface area contributed by atoms with Gasteiger partial charge in [0.25, 0.3) is 0 Å². The van der Waals surface area contributed by atoms with Gasteiger partial charge >= 0.3 is 0 Å². The number of amides is 1. The summed E-state index contributed by atoms with van der Waals surface area (Å²) >= 11 is 0. The number of carbonyl (C=O) groups is 1. The molecule has 0 spiro atoms. The maximum atomic E-state index is 12.5. The first-order valence-electron chi connectivity index (χ1n) is 7.80. The molecule has 0 bridgehead atoms. The molecule has 1 fully saturated rings. The number of nitrogens with zero attached hydrogens (tertiary/aromatic N) is 6. The molecule has 8 nitrogen and oxygen atoms in total. The third-order valence-corrected chi connectivity index (χ3v) is 4.22. The average molecular weight is 318 g/mol. The molecule has 0 aromatic carbocycles. The SMILES string of the molecule is Cc1cc(C)n(CC(=O)N2CCCC(O)(Cn3ccnn3)C2)n1. The number of aryl methyl sites for hydroxylation is 2. The molecule has 2 aromatic heterocycles. The van der Waals surface area contributed by atoms with Crippen LogP contribution < -0.4 is 0 Å². The van der Waals surface area contributed by atoms with Gasteiger partial charge in [0.1, 0.15) is 12.1 Å². The van der Waals surface area contributed by atoms with Crippen LogP contribution in [0.3, 0.4) is 0 Å². The molecule has 1 saturated heterocycles. The standard InChI is InChI=1S/C15H22N6O2/c1-12-8-13(2)21(17-12)9-14(22)19-6-3-4-15(23,10-19)11-20-7-5-16-18-20/h5,7-8,23H,3-4,6,9-11H2,1-2H3. The van der Waals surface area contributed by atoms with E-state index in [0.717, 1.165) is 17.8 Å². The van der Waals surface area contributed by atoms with Crippen LogP contribution in [0, 0.1) is 13.8 Å². The van der Waals surface area contributed by atoms with Crippen LogP contribution in [0.5, 0.6) is 0 Å². The normalized spacial score (nSPS) is 21.6. The zero-order chi connectivity index (χ0) is 16.4. The first kappa shape index (κ1) is 15.7. The second-order valence-corrected chi connectivity index (χ2v) is 6.33. The Morgan fingerprint density at radius 1 is 1.43 bits per heavy atom. The maximum absolute atomic E-state index is 12.5. The number of hydrogen-bond donors (Lipinski definition) is 1. The molecule has 0 saturated carbocycles. The number of aromatic nitrogens is 5. The Hall–Kier alpha value is -2.22. The summed E-state index contributed by atoms with van der Waals surface area (Å²) in [7, 11) is 0. The summed E-state index contributed by atoms with van der Waals surface area (Å²) in [5, 5.41) is 22.8. The van der Waals surface area contributed by atoms with Crippen LogP contribution in [0.25, 0.3) is 0 Å². The molecule has 1 unspecified atom stereocenters. The van der Waals surface area contributed by atoms with E-state index in [1.54, 1.807) is 26.7 Å². The predicted molar refractivity (Wildman–Crippen MR) is 82.5 cm³/mol. The van der Waals surface area contributed by atoms with Gasteiger partial charge in [-0.25, -0.2) is 4.68 Å². The van der Waals surface area contributed by atoms with E-state index < -0.39 is 5.60 Å². The van der Waals surface area contributed by atoms with Crippen LogP contribution in [-0.4, -0.2) is 59.4 Å². The number of likely N-dealkylation sites (tertiary alicyclic amines) is 1. The summed E-state index contributed by atoms with van der Waals surface area (Å²) in [6, 6.07) is 1.95. The number of carbonyl (C=O) groups excluding carboxylic acids is 1. The predicted octanol–water partition coefficient (Wildman–Crippen LogP) is 0.145.